The van der Waals surface area contributed by atoms with Gasteiger partial charge in [0.15, 0.2) is 0 Å². The zero-order valence-corrected chi connectivity index (χ0v) is 10.9. The fourth-order valence-corrected chi connectivity index (χ4v) is 1.85. The third kappa shape index (κ3) is 3.17. The van der Waals surface area contributed by atoms with Crippen molar-refractivity contribution in [2.75, 3.05) is 5.32 Å². The number of carbonyl (C=O) groups is 2. The molecular formula is C14H15N3O3. The van der Waals surface area contributed by atoms with Crippen LogP contribution in [0.5, 0.6) is 0 Å². The average Bonchev–Trinajstić information content (AvgIpc) is 2.78. The molecular weight excluding hydrogens is 258 g/mol. The van der Waals surface area contributed by atoms with Crippen LogP contribution in [0.2, 0.25) is 0 Å². The number of urea groups is 1. The van der Waals surface area contributed by atoms with Crippen LogP contribution >= 0.6 is 0 Å². The molecule has 0 aliphatic carbocycles. The first-order chi connectivity index (χ1) is 9.58. The summed E-state index contributed by atoms with van der Waals surface area (Å²) in [7, 11) is 0. The van der Waals surface area contributed by atoms with Gasteiger partial charge in [-0.25, -0.2) is 9.59 Å². The summed E-state index contributed by atoms with van der Waals surface area (Å²) in [6.45, 7) is 2.01. The van der Waals surface area contributed by atoms with E-state index < -0.39 is 12.0 Å². The highest BCUT2D eigenvalue weighted by Gasteiger charge is 2.16. The molecule has 1 aromatic carbocycles. The van der Waals surface area contributed by atoms with E-state index >= 15 is 0 Å². The Hall–Kier alpha value is -2.76. The predicted molar refractivity (Wildman–Crippen MR) is 74.8 cm³/mol. The lowest BCUT2D eigenvalue weighted by molar-refractivity contribution is 0.0697. The van der Waals surface area contributed by atoms with E-state index in [2.05, 4.69) is 15.6 Å². The molecule has 0 unspecified atom stereocenters. The van der Waals surface area contributed by atoms with Gasteiger partial charge in [0.05, 0.1) is 5.69 Å². The number of aromatic amines is 1. The zero-order chi connectivity index (χ0) is 14.5. The smallest absolute Gasteiger partial charge is 0.339 e. The number of carboxylic acid groups (broad SMARTS) is 1. The molecule has 2 aromatic rings. The summed E-state index contributed by atoms with van der Waals surface area (Å²) in [5, 5.41) is 14.3. The molecule has 0 saturated heterocycles. The maximum Gasteiger partial charge on any atom is 0.339 e. The van der Waals surface area contributed by atoms with Crippen molar-refractivity contribution in [2.24, 2.45) is 0 Å². The van der Waals surface area contributed by atoms with Gasteiger partial charge in [0.2, 0.25) is 0 Å². The highest BCUT2D eigenvalue weighted by molar-refractivity contribution is 6.00. The molecule has 6 heteroatoms. The number of hydrogen-bond donors (Lipinski definition) is 4. The first-order valence-corrected chi connectivity index (χ1v) is 6.08. The number of hydrogen-bond acceptors (Lipinski definition) is 2. The predicted octanol–water partition coefficient (Wildman–Crippen LogP) is 2.34. The minimum absolute atomic E-state index is 0.0693. The Labute approximate surface area is 115 Å². The lowest BCUT2D eigenvalue weighted by Gasteiger charge is -2.07. The topological polar surface area (TPSA) is 94.2 Å². The summed E-state index contributed by atoms with van der Waals surface area (Å²) in [5.41, 5.74) is 1.78. The monoisotopic (exact) mass is 273 g/mol. The van der Waals surface area contributed by atoms with Crippen molar-refractivity contribution in [1.82, 2.24) is 10.3 Å². The Morgan fingerprint density at radius 3 is 2.60 bits per heavy atom. The Morgan fingerprint density at radius 2 is 1.95 bits per heavy atom. The molecule has 1 aromatic heterocycles. The van der Waals surface area contributed by atoms with Gasteiger partial charge in [-0.2, -0.15) is 0 Å². The average molecular weight is 273 g/mol. The van der Waals surface area contributed by atoms with Crippen LogP contribution in [0.4, 0.5) is 10.5 Å². The molecule has 6 nitrogen and oxygen atoms in total. The molecule has 20 heavy (non-hydrogen) atoms. The van der Waals surface area contributed by atoms with Crippen molar-refractivity contribution in [3.05, 3.63) is 53.3 Å². The SMILES string of the molecule is Cc1[nH]cc(NC(=O)NCc2ccccc2)c1C(=O)O. The number of aromatic carboxylic acids is 1. The van der Waals surface area contributed by atoms with Gasteiger partial charge >= 0.3 is 12.0 Å². The largest absolute Gasteiger partial charge is 0.478 e. The normalized spacial score (nSPS) is 10.1. The number of rotatable bonds is 4. The van der Waals surface area contributed by atoms with Crippen molar-refractivity contribution in [2.45, 2.75) is 13.5 Å². The molecule has 0 aliphatic rings. The number of aromatic nitrogens is 1. The van der Waals surface area contributed by atoms with E-state index in [1.54, 1.807) is 6.92 Å². The van der Waals surface area contributed by atoms with E-state index in [1.807, 2.05) is 30.3 Å². The summed E-state index contributed by atoms with van der Waals surface area (Å²) in [6.07, 6.45) is 1.46. The van der Waals surface area contributed by atoms with Crippen LogP contribution in [0.3, 0.4) is 0 Å². The maximum atomic E-state index is 11.7. The summed E-state index contributed by atoms with van der Waals surface area (Å²) >= 11 is 0. The van der Waals surface area contributed by atoms with Gasteiger partial charge in [-0.05, 0) is 12.5 Å². The summed E-state index contributed by atoms with van der Waals surface area (Å²) in [6, 6.07) is 8.99. The lowest BCUT2D eigenvalue weighted by atomic mass is 10.2. The lowest BCUT2D eigenvalue weighted by Crippen LogP contribution is -2.28. The summed E-state index contributed by atoms with van der Waals surface area (Å²) < 4.78 is 0. The van der Waals surface area contributed by atoms with Crippen molar-refractivity contribution >= 4 is 17.7 Å². The number of amides is 2. The number of H-pyrrole nitrogens is 1. The fourth-order valence-electron chi connectivity index (χ4n) is 1.85. The fraction of sp³-hybridized carbons (Fsp3) is 0.143. The molecule has 0 saturated carbocycles. The summed E-state index contributed by atoms with van der Waals surface area (Å²) in [4.78, 5) is 25.6. The van der Waals surface area contributed by atoms with Gasteiger partial charge in [-0.15, -0.1) is 0 Å². The number of aryl methyl sites for hydroxylation is 1. The van der Waals surface area contributed by atoms with E-state index in [1.165, 1.54) is 6.20 Å². The standard InChI is InChI=1S/C14H15N3O3/c1-9-12(13(18)19)11(8-15-9)17-14(20)16-7-10-5-3-2-4-6-10/h2-6,8,15H,7H2,1H3,(H,18,19)(H2,16,17,20). The van der Waals surface area contributed by atoms with Crippen LogP contribution in [0.1, 0.15) is 21.6 Å². The Kier molecular flexibility index (Phi) is 4.05. The van der Waals surface area contributed by atoms with Crippen LogP contribution in [0, 0.1) is 6.92 Å². The van der Waals surface area contributed by atoms with Gasteiger partial charge in [0, 0.05) is 18.4 Å². The Balaban J connectivity index is 1.97. The molecule has 0 atom stereocenters. The molecule has 0 spiro atoms. The van der Waals surface area contributed by atoms with E-state index in [0.717, 1.165) is 5.56 Å². The molecule has 104 valence electrons. The number of carbonyl (C=O) groups excluding carboxylic acids is 1. The molecule has 0 bridgehead atoms. The second kappa shape index (κ2) is 5.92. The second-order valence-electron chi connectivity index (χ2n) is 4.30. The number of benzene rings is 1. The first-order valence-electron chi connectivity index (χ1n) is 6.08. The minimum atomic E-state index is -1.08. The van der Waals surface area contributed by atoms with E-state index in [9.17, 15) is 9.59 Å². The molecule has 0 aliphatic heterocycles. The molecule has 4 N–H and O–H groups in total. The number of carboxylic acids is 1. The third-order valence-corrected chi connectivity index (χ3v) is 2.84. The number of anilines is 1. The highest BCUT2D eigenvalue weighted by Crippen LogP contribution is 2.18. The van der Waals surface area contributed by atoms with Crippen molar-refractivity contribution in [3.8, 4) is 0 Å². The van der Waals surface area contributed by atoms with Crippen LogP contribution in [0.15, 0.2) is 36.5 Å². The van der Waals surface area contributed by atoms with Gasteiger partial charge < -0.3 is 20.7 Å². The van der Waals surface area contributed by atoms with Gasteiger partial charge in [0.1, 0.15) is 5.56 Å². The van der Waals surface area contributed by atoms with E-state index in [4.69, 9.17) is 5.11 Å². The van der Waals surface area contributed by atoms with Crippen LogP contribution in [-0.4, -0.2) is 22.1 Å². The Bertz CT molecular complexity index is 620. The van der Waals surface area contributed by atoms with Crippen molar-refractivity contribution in [1.29, 1.82) is 0 Å². The zero-order valence-electron chi connectivity index (χ0n) is 10.9. The van der Waals surface area contributed by atoms with Crippen LogP contribution in [-0.2, 0) is 6.54 Å². The number of nitrogens with one attached hydrogen (secondary N) is 3. The Morgan fingerprint density at radius 1 is 1.25 bits per heavy atom. The van der Waals surface area contributed by atoms with Gasteiger partial charge in [-0.3, -0.25) is 0 Å². The van der Waals surface area contributed by atoms with E-state index in [0.29, 0.717) is 12.2 Å². The third-order valence-electron chi connectivity index (χ3n) is 2.84. The summed E-state index contributed by atoms with van der Waals surface area (Å²) in [5.74, 6) is -1.08. The van der Waals surface area contributed by atoms with Crippen LogP contribution in [0.25, 0.3) is 0 Å². The second-order valence-corrected chi connectivity index (χ2v) is 4.30. The van der Waals surface area contributed by atoms with Gasteiger partial charge in [-0.1, -0.05) is 30.3 Å². The highest BCUT2D eigenvalue weighted by atomic mass is 16.4. The maximum absolute atomic E-state index is 11.7. The van der Waals surface area contributed by atoms with Crippen molar-refractivity contribution < 1.29 is 14.7 Å². The van der Waals surface area contributed by atoms with Gasteiger partial charge in [0.25, 0.3) is 0 Å². The molecule has 2 amide bonds. The van der Waals surface area contributed by atoms with E-state index in [-0.39, 0.29) is 11.3 Å². The van der Waals surface area contributed by atoms with Crippen LogP contribution < -0.4 is 10.6 Å². The first kappa shape index (κ1) is 13.7. The quantitative estimate of drug-likeness (QED) is 0.688. The molecule has 0 radical (unpaired) electrons. The molecule has 1 heterocycles. The molecule has 2 rings (SSSR count). The molecule has 0 fully saturated rings. The minimum Gasteiger partial charge on any atom is -0.478 e. The van der Waals surface area contributed by atoms with Crippen molar-refractivity contribution in [3.63, 3.8) is 0 Å².